The van der Waals surface area contributed by atoms with Crippen LogP contribution in [0.25, 0.3) is 0 Å². The zero-order valence-electron chi connectivity index (χ0n) is 11.5. The number of benzene rings is 1. The zero-order chi connectivity index (χ0) is 17.1. The van der Waals surface area contributed by atoms with Gasteiger partial charge in [-0.15, -0.1) is 0 Å². The molecule has 0 spiro atoms. The molecule has 1 aromatic rings. The van der Waals surface area contributed by atoms with Crippen molar-refractivity contribution in [3.05, 3.63) is 28.8 Å². The minimum Gasteiger partial charge on any atom is -0.481 e. The third kappa shape index (κ3) is 4.21. The van der Waals surface area contributed by atoms with Gasteiger partial charge in [0, 0.05) is 12.0 Å². The SMILES string of the molecule is CCC(=O)O.NC(=O)c1cc2c(c(C(F)(F)F)c1)COB2O. The molecule has 0 aromatic heterocycles. The molecule has 0 fully saturated rings. The molecule has 1 aliphatic heterocycles. The van der Waals surface area contributed by atoms with Gasteiger partial charge in [-0.05, 0) is 23.2 Å². The normalized spacial score (nSPS) is 13.2. The smallest absolute Gasteiger partial charge is 0.481 e. The highest BCUT2D eigenvalue weighted by Crippen LogP contribution is 2.33. The van der Waals surface area contributed by atoms with Gasteiger partial charge < -0.3 is 20.5 Å². The average Bonchev–Trinajstić information content (AvgIpc) is 2.79. The highest BCUT2D eigenvalue weighted by molar-refractivity contribution is 6.61. The lowest BCUT2D eigenvalue weighted by molar-refractivity contribution is -0.138. The molecule has 1 heterocycles. The molecule has 1 aliphatic rings. The van der Waals surface area contributed by atoms with E-state index in [0.717, 1.165) is 6.07 Å². The average molecular weight is 319 g/mol. The fourth-order valence-corrected chi connectivity index (χ4v) is 1.72. The first-order valence-corrected chi connectivity index (χ1v) is 6.13. The predicted octanol–water partition coefficient (Wildman–Crippen LogP) is 0.503. The van der Waals surface area contributed by atoms with Crippen molar-refractivity contribution in [2.45, 2.75) is 26.1 Å². The maximum Gasteiger partial charge on any atom is 0.491 e. The number of carboxylic acids is 1. The van der Waals surface area contributed by atoms with Gasteiger partial charge in [0.25, 0.3) is 0 Å². The zero-order valence-corrected chi connectivity index (χ0v) is 11.5. The van der Waals surface area contributed by atoms with E-state index >= 15 is 0 Å². The molecule has 2 rings (SSSR count). The van der Waals surface area contributed by atoms with Crippen LogP contribution < -0.4 is 11.2 Å². The predicted molar refractivity (Wildman–Crippen MR) is 70.3 cm³/mol. The third-order valence-corrected chi connectivity index (χ3v) is 2.83. The quantitative estimate of drug-likeness (QED) is 0.688. The number of aliphatic carboxylic acids is 1. The van der Waals surface area contributed by atoms with E-state index in [2.05, 4.69) is 0 Å². The molecule has 0 radical (unpaired) electrons. The van der Waals surface area contributed by atoms with Crippen molar-refractivity contribution in [2.75, 3.05) is 0 Å². The van der Waals surface area contributed by atoms with E-state index in [9.17, 15) is 27.8 Å². The Hall–Kier alpha value is -2.07. The summed E-state index contributed by atoms with van der Waals surface area (Å²) in [6.45, 7) is 1.26. The molecule has 0 bridgehead atoms. The summed E-state index contributed by atoms with van der Waals surface area (Å²) in [5.74, 6) is -1.73. The highest BCUT2D eigenvalue weighted by Gasteiger charge is 2.40. The Morgan fingerprint density at radius 1 is 1.41 bits per heavy atom. The molecule has 4 N–H and O–H groups in total. The molecule has 22 heavy (non-hydrogen) atoms. The van der Waals surface area contributed by atoms with Crippen LogP contribution >= 0.6 is 0 Å². The Kier molecular flexibility index (Phi) is 5.56. The van der Waals surface area contributed by atoms with E-state index in [0.29, 0.717) is 6.07 Å². The van der Waals surface area contributed by atoms with Gasteiger partial charge in [-0.25, -0.2) is 0 Å². The Bertz CT molecular complexity index is 591. The van der Waals surface area contributed by atoms with Gasteiger partial charge in [0.1, 0.15) is 0 Å². The molecule has 120 valence electrons. The van der Waals surface area contributed by atoms with E-state index in [4.69, 9.17) is 15.5 Å². The van der Waals surface area contributed by atoms with E-state index in [1.165, 1.54) is 0 Å². The van der Waals surface area contributed by atoms with Crippen LogP contribution in [-0.2, 0) is 22.2 Å². The number of hydrogen-bond donors (Lipinski definition) is 3. The third-order valence-electron chi connectivity index (χ3n) is 2.83. The Morgan fingerprint density at radius 2 is 1.95 bits per heavy atom. The maximum atomic E-state index is 12.7. The monoisotopic (exact) mass is 319 g/mol. The minimum atomic E-state index is -4.62. The van der Waals surface area contributed by atoms with Gasteiger partial charge in [-0.2, -0.15) is 13.2 Å². The molecular formula is C12H13BF3NO5. The van der Waals surface area contributed by atoms with Gasteiger partial charge in [-0.1, -0.05) is 6.92 Å². The topological polar surface area (TPSA) is 110 Å². The molecule has 10 heteroatoms. The largest absolute Gasteiger partial charge is 0.491 e. The lowest BCUT2D eigenvalue weighted by Gasteiger charge is -2.12. The number of nitrogens with two attached hydrogens (primary N) is 1. The van der Waals surface area contributed by atoms with Crippen LogP contribution in [0.4, 0.5) is 13.2 Å². The van der Waals surface area contributed by atoms with Crippen molar-refractivity contribution >= 4 is 24.5 Å². The summed E-state index contributed by atoms with van der Waals surface area (Å²) in [4.78, 5) is 20.3. The molecule has 0 saturated carbocycles. The van der Waals surface area contributed by atoms with E-state index < -0.39 is 30.7 Å². The Labute approximate surface area is 123 Å². The second-order valence-electron chi connectivity index (χ2n) is 4.36. The van der Waals surface area contributed by atoms with Crippen LogP contribution in [0.1, 0.15) is 34.8 Å². The number of carbonyl (C=O) groups is 2. The number of primary amides is 1. The summed E-state index contributed by atoms with van der Waals surface area (Å²) in [7, 11) is -1.45. The second-order valence-corrected chi connectivity index (χ2v) is 4.36. The maximum absolute atomic E-state index is 12.7. The van der Waals surface area contributed by atoms with Crippen molar-refractivity contribution < 1.29 is 37.5 Å². The molecular weight excluding hydrogens is 306 g/mol. The Balaban J connectivity index is 0.000000422. The standard InChI is InChI=1S/C9H7BF3NO3.C3H6O2/c11-9(12,13)6-1-4(8(14)15)2-7-5(6)3-17-10(7)16;1-2-3(4)5/h1-2,16H,3H2,(H2,14,15);2H2,1H3,(H,4,5). The van der Waals surface area contributed by atoms with Crippen molar-refractivity contribution in [1.29, 1.82) is 0 Å². The molecule has 0 aliphatic carbocycles. The molecule has 0 unspecified atom stereocenters. The van der Waals surface area contributed by atoms with Crippen molar-refractivity contribution in [1.82, 2.24) is 0 Å². The first-order valence-electron chi connectivity index (χ1n) is 6.13. The van der Waals surface area contributed by atoms with Crippen molar-refractivity contribution in [2.24, 2.45) is 5.73 Å². The van der Waals surface area contributed by atoms with Crippen LogP contribution in [0.3, 0.4) is 0 Å². The first-order chi connectivity index (χ1) is 10.1. The number of alkyl halides is 3. The minimum absolute atomic E-state index is 0.0615. The fourth-order valence-electron chi connectivity index (χ4n) is 1.72. The number of hydrogen-bond acceptors (Lipinski definition) is 4. The van der Waals surface area contributed by atoms with Gasteiger partial charge in [0.15, 0.2) is 0 Å². The summed E-state index contributed by atoms with van der Waals surface area (Å²) in [6.07, 6.45) is -4.40. The van der Waals surface area contributed by atoms with Crippen LogP contribution in [0.5, 0.6) is 0 Å². The summed E-state index contributed by atoms with van der Waals surface area (Å²) in [6, 6.07) is 1.78. The molecule has 0 atom stereocenters. The number of rotatable bonds is 2. The lowest BCUT2D eigenvalue weighted by atomic mass is 9.77. The lowest BCUT2D eigenvalue weighted by Crippen LogP contribution is -2.31. The van der Waals surface area contributed by atoms with E-state index in [1.807, 2.05) is 0 Å². The molecule has 1 amide bonds. The number of carbonyl (C=O) groups excluding carboxylic acids is 1. The van der Waals surface area contributed by atoms with Crippen LogP contribution in [0.15, 0.2) is 12.1 Å². The van der Waals surface area contributed by atoms with Gasteiger partial charge in [0.05, 0.1) is 12.2 Å². The van der Waals surface area contributed by atoms with Crippen molar-refractivity contribution in [3.8, 4) is 0 Å². The van der Waals surface area contributed by atoms with Crippen LogP contribution in [-0.4, -0.2) is 29.1 Å². The molecule has 1 aromatic carbocycles. The van der Waals surface area contributed by atoms with E-state index in [1.54, 1.807) is 6.92 Å². The van der Waals surface area contributed by atoms with Gasteiger partial charge in [0.2, 0.25) is 5.91 Å². The highest BCUT2D eigenvalue weighted by atomic mass is 19.4. The molecule has 0 saturated heterocycles. The summed E-state index contributed by atoms with van der Waals surface area (Å²) in [5, 5.41) is 17.1. The summed E-state index contributed by atoms with van der Waals surface area (Å²) < 4.78 is 42.9. The van der Waals surface area contributed by atoms with Crippen molar-refractivity contribution in [3.63, 3.8) is 0 Å². The fraction of sp³-hybridized carbons (Fsp3) is 0.333. The number of halogens is 3. The summed E-state index contributed by atoms with van der Waals surface area (Å²) in [5.41, 5.74) is 3.41. The van der Waals surface area contributed by atoms with E-state index in [-0.39, 0.29) is 29.6 Å². The summed E-state index contributed by atoms with van der Waals surface area (Å²) >= 11 is 0. The van der Waals surface area contributed by atoms with Crippen LogP contribution in [0.2, 0.25) is 0 Å². The number of carboxylic acid groups (broad SMARTS) is 1. The second kappa shape index (κ2) is 6.80. The number of fused-ring (bicyclic) bond motifs is 1. The van der Waals surface area contributed by atoms with Gasteiger partial charge in [-0.3, -0.25) is 9.59 Å². The molecule has 6 nitrogen and oxygen atoms in total. The van der Waals surface area contributed by atoms with Crippen LogP contribution in [0, 0.1) is 0 Å². The number of amides is 1. The Morgan fingerprint density at radius 3 is 2.36 bits per heavy atom. The first kappa shape index (κ1) is 18.0. The van der Waals surface area contributed by atoms with Gasteiger partial charge >= 0.3 is 19.3 Å².